The molecule has 1 N–H and O–H groups in total. The number of rotatable bonds is 2. The lowest BCUT2D eigenvalue weighted by Crippen LogP contribution is -2.38. The van der Waals surface area contributed by atoms with Gasteiger partial charge in [-0.05, 0) is 49.8 Å². The molecular weight excluding hydrogens is 198 g/mol. The van der Waals surface area contributed by atoms with Gasteiger partial charge in [0.1, 0.15) is 0 Å². The van der Waals surface area contributed by atoms with Crippen molar-refractivity contribution in [1.82, 2.24) is 15.1 Å². The van der Waals surface area contributed by atoms with Gasteiger partial charge in [0.05, 0.1) is 5.69 Å². The number of piperidine rings is 1. The van der Waals surface area contributed by atoms with Crippen LogP contribution in [-0.4, -0.2) is 22.9 Å². The van der Waals surface area contributed by atoms with Crippen molar-refractivity contribution in [3.8, 4) is 0 Å². The molecule has 1 aromatic rings. The van der Waals surface area contributed by atoms with Crippen LogP contribution >= 0.6 is 0 Å². The Morgan fingerprint density at radius 3 is 2.81 bits per heavy atom. The molecule has 0 aromatic carbocycles. The van der Waals surface area contributed by atoms with E-state index in [0.717, 1.165) is 24.9 Å². The Kier molecular flexibility index (Phi) is 3.33. The first-order chi connectivity index (χ1) is 7.59. The van der Waals surface area contributed by atoms with Crippen molar-refractivity contribution in [3.63, 3.8) is 0 Å². The lowest BCUT2D eigenvalue weighted by molar-refractivity contribution is 0.254. The van der Waals surface area contributed by atoms with Gasteiger partial charge in [-0.25, -0.2) is 0 Å². The summed E-state index contributed by atoms with van der Waals surface area (Å²) in [5, 5.41) is 7.99. The van der Waals surface area contributed by atoms with Crippen LogP contribution < -0.4 is 5.32 Å². The average molecular weight is 221 g/mol. The second-order valence-electron chi connectivity index (χ2n) is 5.35. The predicted octanol–water partition coefficient (Wildman–Crippen LogP) is 2.08. The van der Waals surface area contributed by atoms with Gasteiger partial charge in [0, 0.05) is 13.2 Å². The van der Waals surface area contributed by atoms with Gasteiger partial charge in [-0.3, -0.25) is 4.68 Å². The van der Waals surface area contributed by atoms with Crippen molar-refractivity contribution < 1.29 is 0 Å². The van der Waals surface area contributed by atoms with E-state index in [1.165, 1.54) is 17.7 Å². The molecule has 0 aliphatic carbocycles. The highest BCUT2D eigenvalue weighted by atomic mass is 15.2. The van der Waals surface area contributed by atoms with E-state index >= 15 is 0 Å². The second kappa shape index (κ2) is 4.58. The number of nitrogens with one attached hydrogen (secondary N) is 1. The standard InChI is InChI=1S/C13H23N3/c1-9(2)12-7-14-6-5-11(12)13-8-16(4)15-10(13)3/h8-9,11-12,14H,5-7H2,1-4H3. The van der Waals surface area contributed by atoms with Crippen LogP contribution in [0.4, 0.5) is 0 Å². The van der Waals surface area contributed by atoms with E-state index in [2.05, 4.69) is 37.4 Å². The highest BCUT2D eigenvalue weighted by molar-refractivity contribution is 5.22. The lowest BCUT2D eigenvalue weighted by Gasteiger charge is -2.34. The van der Waals surface area contributed by atoms with Crippen LogP contribution in [0.2, 0.25) is 0 Å². The summed E-state index contributed by atoms with van der Waals surface area (Å²) in [5.74, 6) is 2.17. The maximum atomic E-state index is 4.48. The van der Waals surface area contributed by atoms with Crippen molar-refractivity contribution in [2.45, 2.75) is 33.1 Å². The third kappa shape index (κ3) is 2.14. The quantitative estimate of drug-likeness (QED) is 0.828. The zero-order valence-electron chi connectivity index (χ0n) is 10.8. The molecule has 2 unspecified atom stereocenters. The zero-order valence-corrected chi connectivity index (χ0v) is 10.8. The number of nitrogens with zero attached hydrogens (tertiary/aromatic N) is 2. The highest BCUT2D eigenvalue weighted by Gasteiger charge is 2.30. The van der Waals surface area contributed by atoms with Gasteiger partial charge in [0.15, 0.2) is 0 Å². The minimum Gasteiger partial charge on any atom is -0.316 e. The fourth-order valence-electron chi connectivity index (χ4n) is 2.95. The normalized spacial score (nSPS) is 26.3. The van der Waals surface area contributed by atoms with Gasteiger partial charge in [-0.2, -0.15) is 5.10 Å². The van der Waals surface area contributed by atoms with Crippen molar-refractivity contribution >= 4 is 0 Å². The SMILES string of the molecule is Cc1nn(C)cc1C1CCNCC1C(C)C. The Hall–Kier alpha value is -0.830. The summed E-state index contributed by atoms with van der Waals surface area (Å²) in [6, 6.07) is 0. The maximum Gasteiger partial charge on any atom is 0.0628 e. The molecule has 1 aliphatic rings. The van der Waals surface area contributed by atoms with Crippen LogP contribution in [-0.2, 0) is 7.05 Å². The first-order valence-corrected chi connectivity index (χ1v) is 6.30. The van der Waals surface area contributed by atoms with Crippen molar-refractivity contribution in [2.24, 2.45) is 18.9 Å². The molecule has 1 saturated heterocycles. The number of aromatic nitrogens is 2. The van der Waals surface area contributed by atoms with Gasteiger partial charge < -0.3 is 5.32 Å². The topological polar surface area (TPSA) is 29.9 Å². The summed E-state index contributed by atoms with van der Waals surface area (Å²) in [6.07, 6.45) is 3.45. The second-order valence-corrected chi connectivity index (χ2v) is 5.35. The molecule has 0 radical (unpaired) electrons. The first kappa shape index (κ1) is 11.6. The van der Waals surface area contributed by atoms with Gasteiger partial charge in [-0.15, -0.1) is 0 Å². The Bertz CT molecular complexity index is 354. The molecule has 2 heterocycles. The summed E-state index contributed by atoms with van der Waals surface area (Å²) < 4.78 is 1.95. The molecule has 0 bridgehead atoms. The van der Waals surface area contributed by atoms with Crippen LogP contribution in [0.3, 0.4) is 0 Å². The first-order valence-electron chi connectivity index (χ1n) is 6.30. The Morgan fingerprint density at radius 1 is 1.50 bits per heavy atom. The van der Waals surface area contributed by atoms with Gasteiger partial charge in [0.2, 0.25) is 0 Å². The fourth-order valence-corrected chi connectivity index (χ4v) is 2.95. The minimum atomic E-state index is 0.690. The van der Waals surface area contributed by atoms with Crippen LogP contribution in [0.5, 0.6) is 0 Å². The predicted molar refractivity (Wildman–Crippen MR) is 66.5 cm³/mol. The fraction of sp³-hybridized carbons (Fsp3) is 0.769. The Morgan fingerprint density at radius 2 is 2.25 bits per heavy atom. The minimum absolute atomic E-state index is 0.690. The van der Waals surface area contributed by atoms with Crippen LogP contribution in [0.25, 0.3) is 0 Å². The molecule has 1 fully saturated rings. The lowest BCUT2D eigenvalue weighted by atomic mass is 9.75. The summed E-state index contributed by atoms with van der Waals surface area (Å²) in [7, 11) is 2.02. The third-order valence-electron chi connectivity index (χ3n) is 3.84. The molecular formula is C13H23N3. The van der Waals surface area contributed by atoms with Crippen LogP contribution in [0.1, 0.15) is 37.4 Å². The Balaban J connectivity index is 2.26. The summed E-state index contributed by atoms with van der Waals surface area (Å²) in [4.78, 5) is 0. The van der Waals surface area contributed by atoms with Gasteiger partial charge >= 0.3 is 0 Å². The van der Waals surface area contributed by atoms with E-state index in [9.17, 15) is 0 Å². The highest BCUT2D eigenvalue weighted by Crippen LogP contribution is 2.35. The number of hydrogen-bond acceptors (Lipinski definition) is 2. The average Bonchev–Trinajstić information content (AvgIpc) is 2.57. The number of aryl methyl sites for hydroxylation is 2. The van der Waals surface area contributed by atoms with E-state index in [0.29, 0.717) is 5.92 Å². The third-order valence-corrected chi connectivity index (χ3v) is 3.84. The van der Waals surface area contributed by atoms with Crippen molar-refractivity contribution in [1.29, 1.82) is 0 Å². The molecule has 2 atom stereocenters. The smallest absolute Gasteiger partial charge is 0.0628 e. The maximum absolute atomic E-state index is 4.48. The van der Waals surface area contributed by atoms with E-state index in [-0.39, 0.29) is 0 Å². The summed E-state index contributed by atoms with van der Waals surface area (Å²) in [5.41, 5.74) is 2.67. The van der Waals surface area contributed by atoms with E-state index in [4.69, 9.17) is 0 Å². The molecule has 0 amide bonds. The molecule has 3 heteroatoms. The summed E-state index contributed by atoms with van der Waals surface area (Å²) in [6.45, 7) is 9.08. The van der Waals surface area contributed by atoms with Crippen LogP contribution in [0.15, 0.2) is 6.20 Å². The zero-order chi connectivity index (χ0) is 11.7. The van der Waals surface area contributed by atoms with E-state index in [1.54, 1.807) is 0 Å². The molecule has 2 rings (SSSR count). The molecule has 1 aliphatic heterocycles. The monoisotopic (exact) mass is 221 g/mol. The van der Waals surface area contributed by atoms with Crippen molar-refractivity contribution in [3.05, 3.63) is 17.5 Å². The van der Waals surface area contributed by atoms with Crippen molar-refractivity contribution in [2.75, 3.05) is 13.1 Å². The molecule has 1 aromatic heterocycles. The Labute approximate surface area is 98.2 Å². The van der Waals surface area contributed by atoms with Gasteiger partial charge in [0.25, 0.3) is 0 Å². The molecule has 0 spiro atoms. The molecule has 0 saturated carbocycles. The van der Waals surface area contributed by atoms with E-state index in [1.807, 2.05) is 11.7 Å². The van der Waals surface area contributed by atoms with Crippen LogP contribution in [0, 0.1) is 18.8 Å². The van der Waals surface area contributed by atoms with E-state index < -0.39 is 0 Å². The summed E-state index contributed by atoms with van der Waals surface area (Å²) >= 11 is 0. The number of hydrogen-bond donors (Lipinski definition) is 1. The molecule has 16 heavy (non-hydrogen) atoms. The van der Waals surface area contributed by atoms with Gasteiger partial charge in [-0.1, -0.05) is 13.8 Å². The largest absolute Gasteiger partial charge is 0.316 e. The molecule has 90 valence electrons. The molecule has 3 nitrogen and oxygen atoms in total.